The van der Waals surface area contributed by atoms with E-state index in [1.807, 2.05) is 0 Å². The second-order valence-electron chi connectivity index (χ2n) is 6.78. The summed E-state index contributed by atoms with van der Waals surface area (Å²) in [5.41, 5.74) is 5.54. The number of hydrogen-bond donors (Lipinski definition) is 0. The third-order valence-corrected chi connectivity index (χ3v) is 7.07. The lowest BCUT2D eigenvalue weighted by atomic mass is 10.0. The van der Waals surface area contributed by atoms with Crippen LogP contribution < -0.4 is 0 Å². The van der Waals surface area contributed by atoms with E-state index in [0.717, 1.165) is 0 Å². The minimum atomic E-state index is -0.169. The first-order valence-electron chi connectivity index (χ1n) is 7.84. The zero-order chi connectivity index (χ0) is 15.6. The van der Waals surface area contributed by atoms with Crippen molar-refractivity contribution in [1.82, 2.24) is 0 Å². The molecule has 22 heavy (non-hydrogen) atoms. The summed E-state index contributed by atoms with van der Waals surface area (Å²) in [4.78, 5) is 0. The van der Waals surface area contributed by atoms with E-state index in [1.54, 1.807) is 0 Å². The van der Waals surface area contributed by atoms with E-state index in [2.05, 4.69) is 93.3 Å². The Morgan fingerprint density at radius 3 is 1.86 bits per heavy atom. The maximum Gasteiger partial charge on any atom is -0.00274 e. The van der Waals surface area contributed by atoms with Crippen molar-refractivity contribution in [3.8, 4) is 0 Å². The average molecular weight is 306 g/mol. The van der Waals surface area contributed by atoms with Crippen LogP contribution in [0.15, 0.2) is 72.6 Å². The summed E-state index contributed by atoms with van der Waals surface area (Å²) in [6.45, 7) is 7.10. The predicted octanol–water partition coefficient (Wildman–Crippen LogP) is 6.41. The van der Waals surface area contributed by atoms with Crippen LogP contribution in [0.3, 0.4) is 0 Å². The topological polar surface area (TPSA) is 0 Å². The van der Waals surface area contributed by atoms with E-state index in [4.69, 9.17) is 0 Å². The zero-order valence-electron chi connectivity index (χ0n) is 13.6. The summed E-state index contributed by atoms with van der Waals surface area (Å²) in [6, 6.07) is 21.6. The fourth-order valence-corrected chi connectivity index (χ4v) is 4.87. The maximum absolute atomic E-state index is 2.52. The standard InChI is InChI=1S/C21H23P/c1-21(2,3)22-15-19(17-10-6-4-7-11-17)14-20(16-22)18-12-8-5-9-13-18/h4-15H,16H2,1-3H3. The Labute approximate surface area is 135 Å². The van der Waals surface area contributed by atoms with Gasteiger partial charge in [0.15, 0.2) is 0 Å². The van der Waals surface area contributed by atoms with Crippen LogP contribution in [-0.2, 0) is 0 Å². The van der Waals surface area contributed by atoms with Crippen LogP contribution in [0.1, 0.15) is 31.9 Å². The van der Waals surface area contributed by atoms with E-state index >= 15 is 0 Å². The van der Waals surface area contributed by atoms with Gasteiger partial charge in [-0.3, -0.25) is 0 Å². The molecule has 2 aromatic carbocycles. The lowest BCUT2D eigenvalue weighted by Crippen LogP contribution is -2.14. The largest absolute Gasteiger partial charge is 0.0726 e. The van der Waals surface area contributed by atoms with Gasteiger partial charge in [-0.2, -0.15) is 0 Å². The van der Waals surface area contributed by atoms with Crippen molar-refractivity contribution in [1.29, 1.82) is 0 Å². The predicted molar refractivity (Wildman–Crippen MR) is 100 cm³/mol. The molecule has 0 nitrogen and oxygen atoms in total. The van der Waals surface area contributed by atoms with Crippen molar-refractivity contribution in [3.63, 3.8) is 0 Å². The summed E-state index contributed by atoms with van der Waals surface area (Å²) in [5, 5.41) is 0.337. The van der Waals surface area contributed by atoms with Gasteiger partial charge >= 0.3 is 0 Å². The molecule has 0 amide bonds. The first kappa shape index (κ1) is 15.3. The van der Waals surface area contributed by atoms with Crippen LogP contribution in [-0.4, -0.2) is 11.3 Å². The molecular weight excluding hydrogens is 283 g/mol. The van der Waals surface area contributed by atoms with E-state index < -0.39 is 0 Å². The van der Waals surface area contributed by atoms with Crippen molar-refractivity contribution < 1.29 is 0 Å². The molecule has 0 bridgehead atoms. The molecule has 1 unspecified atom stereocenters. The maximum atomic E-state index is 2.52. The Morgan fingerprint density at radius 1 is 0.773 bits per heavy atom. The highest BCUT2D eigenvalue weighted by Gasteiger charge is 2.26. The molecule has 1 aliphatic heterocycles. The van der Waals surface area contributed by atoms with Gasteiger partial charge in [0.25, 0.3) is 0 Å². The Hall–Kier alpha value is -1.65. The Morgan fingerprint density at radius 2 is 1.32 bits per heavy atom. The lowest BCUT2D eigenvalue weighted by molar-refractivity contribution is 0.788. The molecule has 1 atom stereocenters. The van der Waals surface area contributed by atoms with E-state index in [-0.39, 0.29) is 7.92 Å². The molecule has 2 aromatic rings. The molecule has 1 heterocycles. The molecule has 0 N–H and O–H groups in total. The van der Waals surface area contributed by atoms with Crippen LogP contribution in [0.5, 0.6) is 0 Å². The van der Waals surface area contributed by atoms with Gasteiger partial charge in [0.05, 0.1) is 0 Å². The fourth-order valence-electron chi connectivity index (χ4n) is 2.71. The molecule has 0 saturated heterocycles. The van der Waals surface area contributed by atoms with Gasteiger partial charge in [-0.25, -0.2) is 0 Å². The average Bonchev–Trinajstić information content (AvgIpc) is 2.55. The van der Waals surface area contributed by atoms with Crippen molar-refractivity contribution in [3.05, 3.63) is 83.7 Å². The summed E-state index contributed by atoms with van der Waals surface area (Å²) in [5.74, 6) is 2.52. The number of rotatable bonds is 2. The zero-order valence-corrected chi connectivity index (χ0v) is 14.5. The first-order valence-corrected chi connectivity index (χ1v) is 9.44. The monoisotopic (exact) mass is 306 g/mol. The highest BCUT2D eigenvalue weighted by Crippen LogP contribution is 2.57. The van der Waals surface area contributed by atoms with Crippen LogP contribution in [0.25, 0.3) is 11.1 Å². The molecule has 3 rings (SSSR count). The summed E-state index contributed by atoms with van der Waals surface area (Å²) < 4.78 is 0. The second-order valence-corrected chi connectivity index (χ2v) is 9.64. The molecule has 0 spiro atoms. The van der Waals surface area contributed by atoms with Crippen molar-refractivity contribution in [2.24, 2.45) is 0 Å². The third-order valence-electron chi connectivity index (χ3n) is 4.08. The molecule has 1 heteroatoms. The quantitative estimate of drug-likeness (QED) is 0.563. The van der Waals surface area contributed by atoms with Gasteiger partial charge in [0.2, 0.25) is 0 Å². The smallest absolute Gasteiger partial charge is 0.00274 e. The Bertz CT molecular complexity index is 688. The van der Waals surface area contributed by atoms with E-state index in [0.29, 0.717) is 5.16 Å². The third kappa shape index (κ3) is 3.39. The highest BCUT2D eigenvalue weighted by molar-refractivity contribution is 7.63. The molecule has 0 aliphatic carbocycles. The van der Waals surface area contributed by atoms with Crippen LogP contribution in [0.4, 0.5) is 0 Å². The molecule has 1 aliphatic rings. The second kappa shape index (κ2) is 6.23. The minimum Gasteiger partial charge on any atom is -0.0726 e. The molecule has 112 valence electrons. The van der Waals surface area contributed by atoms with Crippen LogP contribution in [0.2, 0.25) is 0 Å². The van der Waals surface area contributed by atoms with E-state index in [9.17, 15) is 0 Å². The van der Waals surface area contributed by atoms with Crippen LogP contribution >= 0.6 is 7.92 Å². The number of allylic oxidation sites excluding steroid dienone is 3. The van der Waals surface area contributed by atoms with Gasteiger partial charge in [0.1, 0.15) is 0 Å². The normalized spacial score (nSPS) is 18.6. The molecule has 0 aromatic heterocycles. The molecule has 0 fully saturated rings. The van der Waals surface area contributed by atoms with Crippen molar-refractivity contribution >= 4 is 19.1 Å². The van der Waals surface area contributed by atoms with Gasteiger partial charge in [-0.05, 0) is 33.6 Å². The van der Waals surface area contributed by atoms with Crippen LogP contribution in [0, 0.1) is 0 Å². The first-order chi connectivity index (χ1) is 10.5. The Balaban J connectivity index is 2.05. The number of hydrogen-bond acceptors (Lipinski definition) is 0. The SMILES string of the molecule is CC(C)(C)P1C=C(c2ccccc2)C=C(c2ccccc2)C1. The van der Waals surface area contributed by atoms with Gasteiger partial charge in [-0.1, -0.05) is 101 Å². The molecular formula is C21H23P. The van der Waals surface area contributed by atoms with Gasteiger partial charge in [-0.15, -0.1) is 0 Å². The summed E-state index contributed by atoms with van der Waals surface area (Å²) >= 11 is 0. The van der Waals surface area contributed by atoms with Crippen molar-refractivity contribution in [2.75, 3.05) is 6.16 Å². The summed E-state index contributed by atoms with van der Waals surface area (Å²) in [7, 11) is -0.169. The van der Waals surface area contributed by atoms with Gasteiger partial charge < -0.3 is 0 Å². The molecule has 0 saturated carbocycles. The Kier molecular flexibility index (Phi) is 4.32. The highest BCUT2D eigenvalue weighted by atomic mass is 31.1. The fraction of sp³-hybridized carbons (Fsp3) is 0.238. The minimum absolute atomic E-state index is 0.169. The summed E-state index contributed by atoms with van der Waals surface area (Å²) in [6.07, 6.45) is 3.56. The number of benzene rings is 2. The van der Waals surface area contributed by atoms with E-state index in [1.165, 1.54) is 28.4 Å². The van der Waals surface area contributed by atoms with Crippen molar-refractivity contribution in [2.45, 2.75) is 25.9 Å². The molecule has 0 radical (unpaired) electrons. The van der Waals surface area contributed by atoms with Gasteiger partial charge in [0, 0.05) is 0 Å². The lowest BCUT2D eigenvalue weighted by Gasteiger charge is -2.33.